The number of unbranched alkanes of at least 4 members (excludes halogenated alkanes) is 30. The zero-order valence-electron chi connectivity index (χ0n) is 41.4. The van der Waals surface area contributed by atoms with Gasteiger partial charge in [-0.25, -0.2) is 4.57 Å². The molecule has 366 valence electrons. The number of nitrogens with zero attached hydrogens (tertiary/aromatic N) is 1. The number of rotatable bonds is 48. The third-order valence-corrected chi connectivity index (χ3v) is 12.4. The molecule has 1 unspecified atom stereocenters. The molecule has 0 spiro atoms. The summed E-state index contributed by atoms with van der Waals surface area (Å²) in [6, 6.07) is 0. The minimum atomic E-state index is -4.38. The van der Waals surface area contributed by atoms with Crippen molar-refractivity contribution in [2.45, 2.75) is 251 Å². The molecule has 0 saturated heterocycles. The molecule has 0 aliphatic rings. The normalized spacial score (nSPS) is 13.6. The summed E-state index contributed by atoms with van der Waals surface area (Å²) in [5.74, 6) is -0.794. The molecule has 0 amide bonds. The summed E-state index contributed by atoms with van der Waals surface area (Å²) in [6.07, 6.45) is 50.8. The summed E-state index contributed by atoms with van der Waals surface area (Å²) in [6.45, 7) is 4.45. The zero-order valence-corrected chi connectivity index (χ0v) is 42.3. The third-order valence-electron chi connectivity index (χ3n) is 11.5. The molecule has 10 heteroatoms. The summed E-state index contributed by atoms with van der Waals surface area (Å²) < 4.78 is 34.5. The van der Waals surface area contributed by atoms with E-state index in [1.165, 1.54) is 167 Å². The van der Waals surface area contributed by atoms with Gasteiger partial charge < -0.3 is 18.9 Å². The second kappa shape index (κ2) is 44.7. The molecule has 0 heterocycles. The molecular formula is C52H101NO8P+. The van der Waals surface area contributed by atoms with Crippen molar-refractivity contribution in [3.8, 4) is 0 Å². The highest BCUT2D eigenvalue weighted by Gasteiger charge is 2.27. The Kier molecular flexibility index (Phi) is 43.6. The van der Waals surface area contributed by atoms with E-state index in [0.717, 1.165) is 44.9 Å². The number of phosphoric ester groups is 1. The highest BCUT2D eigenvalue weighted by atomic mass is 31.2. The van der Waals surface area contributed by atoms with Crippen LogP contribution >= 0.6 is 7.82 Å². The van der Waals surface area contributed by atoms with Crippen LogP contribution in [-0.2, 0) is 32.7 Å². The molecule has 0 saturated carbocycles. The number of esters is 2. The second-order valence-electron chi connectivity index (χ2n) is 18.9. The number of likely N-dealkylation sites (N-methyl/N-ethyl adjacent to an activating group) is 1. The van der Waals surface area contributed by atoms with E-state index in [4.69, 9.17) is 18.5 Å². The number of phosphoric acid groups is 1. The largest absolute Gasteiger partial charge is 0.472 e. The van der Waals surface area contributed by atoms with E-state index in [2.05, 4.69) is 38.2 Å². The number of carbonyl (C=O) groups excluding carboxylic acids is 2. The average Bonchev–Trinajstić information content (AvgIpc) is 3.23. The van der Waals surface area contributed by atoms with Gasteiger partial charge in [-0.1, -0.05) is 192 Å². The SMILES string of the molecule is CCCCCCCC/C=C\CCCCCCCCCCCCCC(=O)OC[C@H](COP(=O)(O)OCC[N+](C)(C)C)OC(=O)CCCCCCCCC/C=C\CCCCCCCC. The summed E-state index contributed by atoms with van der Waals surface area (Å²) in [5.41, 5.74) is 0. The third kappa shape index (κ3) is 48.0. The highest BCUT2D eigenvalue weighted by Crippen LogP contribution is 2.43. The number of ether oxygens (including phenoxy) is 2. The van der Waals surface area contributed by atoms with E-state index >= 15 is 0 Å². The van der Waals surface area contributed by atoms with Crippen LogP contribution < -0.4 is 0 Å². The van der Waals surface area contributed by atoms with Crippen LogP contribution in [0.15, 0.2) is 24.3 Å². The Balaban J connectivity index is 4.22. The summed E-state index contributed by atoms with van der Waals surface area (Å²) >= 11 is 0. The smallest absolute Gasteiger partial charge is 0.462 e. The van der Waals surface area contributed by atoms with Gasteiger partial charge >= 0.3 is 19.8 Å². The van der Waals surface area contributed by atoms with Crippen molar-refractivity contribution in [1.29, 1.82) is 0 Å². The van der Waals surface area contributed by atoms with Crippen molar-refractivity contribution < 1.29 is 42.1 Å². The molecule has 0 fully saturated rings. The lowest BCUT2D eigenvalue weighted by Gasteiger charge is -2.24. The van der Waals surface area contributed by atoms with Gasteiger partial charge in [0.2, 0.25) is 0 Å². The average molecular weight is 899 g/mol. The number of hydrogen-bond acceptors (Lipinski definition) is 7. The first-order chi connectivity index (χ1) is 30.0. The fourth-order valence-corrected chi connectivity index (χ4v) is 8.10. The topological polar surface area (TPSA) is 108 Å². The predicted molar refractivity (Wildman–Crippen MR) is 261 cm³/mol. The molecule has 0 aromatic rings. The van der Waals surface area contributed by atoms with Crippen LogP contribution in [0.3, 0.4) is 0 Å². The van der Waals surface area contributed by atoms with Crippen LogP contribution in [0.1, 0.15) is 245 Å². The number of quaternary nitrogens is 1. The first-order valence-corrected chi connectivity index (χ1v) is 27.6. The van der Waals surface area contributed by atoms with Crippen LogP contribution in [0.2, 0.25) is 0 Å². The molecule has 62 heavy (non-hydrogen) atoms. The maximum Gasteiger partial charge on any atom is 0.472 e. The Bertz CT molecular complexity index is 1110. The first-order valence-electron chi connectivity index (χ1n) is 26.1. The lowest BCUT2D eigenvalue weighted by atomic mass is 10.0. The predicted octanol–water partition coefficient (Wildman–Crippen LogP) is 15.5. The van der Waals surface area contributed by atoms with E-state index < -0.39 is 26.5 Å². The van der Waals surface area contributed by atoms with Gasteiger partial charge in [-0.15, -0.1) is 0 Å². The first kappa shape index (κ1) is 60.5. The summed E-state index contributed by atoms with van der Waals surface area (Å²) in [5, 5.41) is 0. The van der Waals surface area contributed by atoms with Crippen LogP contribution in [0, 0.1) is 0 Å². The Labute approximate surface area is 383 Å². The van der Waals surface area contributed by atoms with Crippen molar-refractivity contribution >= 4 is 19.8 Å². The van der Waals surface area contributed by atoms with Gasteiger partial charge in [0.25, 0.3) is 0 Å². The second-order valence-corrected chi connectivity index (χ2v) is 20.4. The molecule has 0 bridgehead atoms. The monoisotopic (exact) mass is 899 g/mol. The van der Waals surface area contributed by atoms with Gasteiger partial charge in [0.05, 0.1) is 27.7 Å². The van der Waals surface area contributed by atoms with Crippen molar-refractivity contribution in [3.63, 3.8) is 0 Å². The standard InChI is InChI=1S/C52H100NO8P/c1-6-8-10-12-14-16-18-20-22-24-25-26-27-29-30-32-34-36-38-40-42-44-51(54)58-48-50(49-60-62(56,57)59-47-46-53(3,4)5)61-52(55)45-43-41-39-37-35-33-31-28-23-21-19-17-15-13-11-9-7-2/h20-23,50H,6-19,24-49H2,1-5H3/p+1/b22-20-,23-21-/t50-/m1/s1. The molecule has 1 N–H and O–H groups in total. The lowest BCUT2D eigenvalue weighted by molar-refractivity contribution is -0.870. The fraction of sp³-hybridized carbons (Fsp3) is 0.885. The van der Waals surface area contributed by atoms with E-state index in [-0.39, 0.29) is 25.6 Å². The van der Waals surface area contributed by atoms with Gasteiger partial charge in [0.1, 0.15) is 19.8 Å². The van der Waals surface area contributed by atoms with Gasteiger partial charge in [0, 0.05) is 12.8 Å². The van der Waals surface area contributed by atoms with E-state index in [9.17, 15) is 19.0 Å². The van der Waals surface area contributed by atoms with Crippen LogP contribution in [-0.4, -0.2) is 74.9 Å². The van der Waals surface area contributed by atoms with Crippen LogP contribution in [0.25, 0.3) is 0 Å². The van der Waals surface area contributed by atoms with Gasteiger partial charge in [-0.2, -0.15) is 0 Å². The Hall–Kier alpha value is -1.51. The molecule has 0 radical (unpaired) electrons. The van der Waals surface area contributed by atoms with Crippen molar-refractivity contribution in [2.24, 2.45) is 0 Å². The molecule has 2 atom stereocenters. The summed E-state index contributed by atoms with van der Waals surface area (Å²) in [4.78, 5) is 35.5. The minimum absolute atomic E-state index is 0.0325. The molecule has 0 aromatic carbocycles. The van der Waals surface area contributed by atoms with Crippen molar-refractivity contribution in [3.05, 3.63) is 24.3 Å². The maximum absolute atomic E-state index is 12.7. The quantitative estimate of drug-likeness (QED) is 0.0211. The summed E-state index contributed by atoms with van der Waals surface area (Å²) in [7, 11) is 1.48. The highest BCUT2D eigenvalue weighted by molar-refractivity contribution is 7.47. The van der Waals surface area contributed by atoms with Gasteiger partial charge in [-0.3, -0.25) is 18.6 Å². The van der Waals surface area contributed by atoms with E-state index in [1.54, 1.807) is 0 Å². The fourth-order valence-electron chi connectivity index (χ4n) is 7.36. The van der Waals surface area contributed by atoms with Gasteiger partial charge in [-0.05, 0) is 64.2 Å². The minimum Gasteiger partial charge on any atom is -0.462 e. The van der Waals surface area contributed by atoms with Crippen molar-refractivity contribution in [1.82, 2.24) is 0 Å². The Morgan fingerprint density at radius 2 is 0.823 bits per heavy atom. The van der Waals surface area contributed by atoms with Crippen molar-refractivity contribution in [2.75, 3.05) is 47.5 Å². The van der Waals surface area contributed by atoms with Gasteiger partial charge in [0.15, 0.2) is 6.10 Å². The Morgan fingerprint density at radius 1 is 0.484 bits per heavy atom. The number of allylic oxidation sites excluding steroid dienone is 4. The molecule has 0 aliphatic carbocycles. The zero-order chi connectivity index (χ0) is 45.7. The number of hydrogen-bond donors (Lipinski definition) is 1. The van der Waals surface area contributed by atoms with E-state index in [1.807, 2.05) is 21.1 Å². The van der Waals surface area contributed by atoms with E-state index in [0.29, 0.717) is 23.9 Å². The Morgan fingerprint density at radius 3 is 1.19 bits per heavy atom. The molecule has 0 aromatic heterocycles. The lowest BCUT2D eigenvalue weighted by Crippen LogP contribution is -2.37. The number of carbonyl (C=O) groups is 2. The van der Waals surface area contributed by atoms with Crippen LogP contribution in [0.5, 0.6) is 0 Å². The molecular weight excluding hydrogens is 798 g/mol. The molecule has 9 nitrogen and oxygen atoms in total. The maximum atomic E-state index is 12.7. The van der Waals surface area contributed by atoms with Crippen LogP contribution in [0.4, 0.5) is 0 Å². The molecule has 0 rings (SSSR count). The molecule has 0 aliphatic heterocycles.